The van der Waals surface area contributed by atoms with Crippen molar-refractivity contribution in [1.82, 2.24) is 0 Å². The minimum absolute atomic E-state index is 0.182. The van der Waals surface area contributed by atoms with Crippen molar-refractivity contribution in [3.63, 3.8) is 0 Å². The number of hydrogen-bond donors (Lipinski definition) is 2. The second-order valence-electron chi connectivity index (χ2n) is 5.40. The van der Waals surface area contributed by atoms with Gasteiger partial charge < -0.3 is 10.4 Å². The van der Waals surface area contributed by atoms with Crippen LogP contribution in [0.5, 0.6) is 0 Å². The molecule has 0 spiro atoms. The molecule has 0 radical (unpaired) electrons. The van der Waals surface area contributed by atoms with E-state index in [1.807, 2.05) is 0 Å². The first-order valence-electron chi connectivity index (χ1n) is 7.33. The van der Waals surface area contributed by atoms with Crippen LogP contribution in [-0.2, 0) is 6.42 Å². The highest BCUT2D eigenvalue weighted by Crippen LogP contribution is 2.22. The summed E-state index contributed by atoms with van der Waals surface area (Å²) in [5.41, 5.74) is 2.55. The molecule has 1 aliphatic carbocycles. The molecule has 2 N–H and O–H groups in total. The van der Waals surface area contributed by atoms with Crippen LogP contribution in [0.1, 0.15) is 51.0 Å². The number of benzene rings is 1. The Bertz CT molecular complexity index is 347. The van der Waals surface area contributed by atoms with E-state index in [4.69, 9.17) is 0 Å². The fourth-order valence-electron chi connectivity index (χ4n) is 2.64. The van der Waals surface area contributed by atoms with E-state index in [1.165, 1.54) is 31.2 Å². The van der Waals surface area contributed by atoms with Gasteiger partial charge in [0.2, 0.25) is 0 Å². The topological polar surface area (TPSA) is 32.3 Å². The van der Waals surface area contributed by atoms with E-state index in [1.54, 1.807) is 0 Å². The first-order chi connectivity index (χ1) is 8.79. The summed E-state index contributed by atoms with van der Waals surface area (Å²) < 4.78 is 0. The maximum Gasteiger partial charge on any atom is 0.0741 e. The van der Waals surface area contributed by atoms with Gasteiger partial charge in [-0.05, 0) is 43.4 Å². The molecule has 1 fully saturated rings. The average molecular weight is 247 g/mol. The van der Waals surface area contributed by atoms with Crippen LogP contribution in [0, 0.1) is 0 Å². The number of hydrogen-bond acceptors (Lipinski definition) is 2. The number of aliphatic hydroxyl groups excluding tert-OH is 1. The van der Waals surface area contributed by atoms with Crippen molar-refractivity contribution in [2.45, 2.75) is 64.0 Å². The molecule has 0 aliphatic heterocycles. The molecule has 2 atom stereocenters. The molecule has 2 rings (SSSR count). The van der Waals surface area contributed by atoms with Gasteiger partial charge in [0.25, 0.3) is 0 Å². The summed E-state index contributed by atoms with van der Waals surface area (Å²) in [6.45, 7) is 2.22. The summed E-state index contributed by atoms with van der Waals surface area (Å²) in [7, 11) is 0. The number of nitrogens with one attached hydrogen (secondary N) is 1. The maximum atomic E-state index is 9.94. The van der Waals surface area contributed by atoms with Crippen LogP contribution >= 0.6 is 0 Å². The van der Waals surface area contributed by atoms with Gasteiger partial charge in [0.05, 0.1) is 12.1 Å². The molecule has 0 bridgehead atoms. The van der Waals surface area contributed by atoms with Crippen molar-refractivity contribution < 1.29 is 5.11 Å². The van der Waals surface area contributed by atoms with Crippen LogP contribution in [0.2, 0.25) is 0 Å². The first-order valence-corrected chi connectivity index (χ1v) is 7.33. The Morgan fingerprint density at radius 1 is 1.17 bits per heavy atom. The molecule has 100 valence electrons. The zero-order valence-electron chi connectivity index (χ0n) is 11.4. The van der Waals surface area contributed by atoms with Crippen LogP contribution in [0.3, 0.4) is 0 Å². The summed E-state index contributed by atoms with van der Waals surface area (Å²) >= 11 is 0. The molecule has 18 heavy (non-hydrogen) atoms. The highest BCUT2D eigenvalue weighted by Gasteiger charge is 2.22. The fraction of sp³-hybridized carbons (Fsp3) is 0.625. The molecule has 2 nitrogen and oxygen atoms in total. The molecule has 0 aromatic heterocycles. The minimum Gasteiger partial charge on any atom is -0.391 e. The van der Waals surface area contributed by atoms with Gasteiger partial charge in [0.15, 0.2) is 0 Å². The van der Waals surface area contributed by atoms with Crippen LogP contribution in [0.25, 0.3) is 0 Å². The van der Waals surface area contributed by atoms with Gasteiger partial charge in [0.1, 0.15) is 0 Å². The van der Waals surface area contributed by atoms with Crippen molar-refractivity contribution >= 4 is 5.69 Å². The SMILES string of the molecule is CCCCc1ccc(N[C@H]2CCCC[C@@H]2O)cc1. The summed E-state index contributed by atoms with van der Waals surface area (Å²) in [5, 5.41) is 13.4. The molecular weight excluding hydrogens is 222 g/mol. The largest absolute Gasteiger partial charge is 0.391 e. The lowest BCUT2D eigenvalue weighted by Crippen LogP contribution is -2.36. The highest BCUT2D eigenvalue weighted by atomic mass is 16.3. The van der Waals surface area contributed by atoms with E-state index in [0.717, 1.165) is 24.9 Å². The number of aryl methyl sites for hydroxylation is 1. The van der Waals surface area contributed by atoms with E-state index in [-0.39, 0.29) is 12.1 Å². The Kier molecular flexibility index (Phi) is 5.06. The molecular formula is C16H25NO. The van der Waals surface area contributed by atoms with Crippen molar-refractivity contribution in [1.29, 1.82) is 0 Å². The van der Waals surface area contributed by atoms with Crippen molar-refractivity contribution in [2.24, 2.45) is 0 Å². The second-order valence-corrected chi connectivity index (χ2v) is 5.40. The molecule has 1 aliphatic rings. The Morgan fingerprint density at radius 3 is 2.56 bits per heavy atom. The van der Waals surface area contributed by atoms with Gasteiger partial charge in [-0.3, -0.25) is 0 Å². The van der Waals surface area contributed by atoms with Crippen LogP contribution < -0.4 is 5.32 Å². The lowest BCUT2D eigenvalue weighted by atomic mass is 9.92. The third-order valence-electron chi connectivity index (χ3n) is 3.85. The number of rotatable bonds is 5. The van der Waals surface area contributed by atoms with Crippen LogP contribution in [-0.4, -0.2) is 17.3 Å². The third-order valence-corrected chi connectivity index (χ3v) is 3.85. The second kappa shape index (κ2) is 6.79. The van der Waals surface area contributed by atoms with Gasteiger partial charge in [-0.1, -0.05) is 38.3 Å². The number of anilines is 1. The van der Waals surface area contributed by atoms with Crippen molar-refractivity contribution in [3.8, 4) is 0 Å². The predicted molar refractivity (Wildman–Crippen MR) is 76.9 cm³/mol. The standard InChI is InChI=1S/C16H25NO/c1-2-3-6-13-9-11-14(12-10-13)17-15-7-4-5-8-16(15)18/h9-12,15-18H,2-8H2,1H3/t15-,16-/m0/s1. The van der Waals surface area contributed by atoms with Crippen molar-refractivity contribution in [2.75, 3.05) is 5.32 Å². The van der Waals surface area contributed by atoms with Crippen molar-refractivity contribution in [3.05, 3.63) is 29.8 Å². The number of aliphatic hydroxyl groups is 1. The molecule has 0 amide bonds. The predicted octanol–water partition coefficient (Wildman–Crippen LogP) is 3.74. The molecule has 1 aromatic rings. The quantitative estimate of drug-likeness (QED) is 0.830. The summed E-state index contributed by atoms with van der Waals surface area (Å²) in [6, 6.07) is 8.93. The third kappa shape index (κ3) is 3.74. The summed E-state index contributed by atoms with van der Waals surface area (Å²) in [4.78, 5) is 0. The van der Waals surface area contributed by atoms with Gasteiger partial charge in [-0.15, -0.1) is 0 Å². The fourth-order valence-corrected chi connectivity index (χ4v) is 2.64. The lowest BCUT2D eigenvalue weighted by molar-refractivity contribution is 0.116. The van der Waals surface area contributed by atoms with Crippen LogP contribution in [0.15, 0.2) is 24.3 Å². The smallest absolute Gasteiger partial charge is 0.0741 e. The maximum absolute atomic E-state index is 9.94. The Balaban J connectivity index is 1.89. The first kappa shape index (κ1) is 13.4. The minimum atomic E-state index is -0.182. The van der Waals surface area contributed by atoms with Gasteiger partial charge >= 0.3 is 0 Å². The number of unbranched alkanes of at least 4 members (excludes halogenated alkanes) is 1. The van der Waals surface area contributed by atoms with Gasteiger partial charge in [-0.25, -0.2) is 0 Å². The zero-order valence-corrected chi connectivity index (χ0v) is 11.4. The van der Waals surface area contributed by atoms with Gasteiger partial charge in [0, 0.05) is 5.69 Å². The summed E-state index contributed by atoms with van der Waals surface area (Å²) in [5.74, 6) is 0. The van der Waals surface area contributed by atoms with E-state index in [0.29, 0.717) is 0 Å². The average Bonchev–Trinajstić information content (AvgIpc) is 2.41. The lowest BCUT2D eigenvalue weighted by Gasteiger charge is -2.29. The summed E-state index contributed by atoms with van der Waals surface area (Å²) in [6.07, 6.45) is 7.90. The Morgan fingerprint density at radius 2 is 1.89 bits per heavy atom. The molecule has 1 aromatic carbocycles. The van der Waals surface area contributed by atoms with E-state index < -0.39 is 0 Å². The van der Waals surface area contributed by atoms with Gasteiger partial charge in [-0.2, -0.15) is 0 Å². The normalized spacial score (nSPS) is 23.9. The monoisotopic (exact) mass is 247 g/mol. The van der Waals surface area contributed by atoms with E-state index in [9.17, 15) is 5.11 Å². The molecule has 2 heteroatoms. The Hall–Kier alpha value is -1.02. The zero-order chi connectivity index (χ0) is 12.8. The van der Waals surface area contributed by atoms with E-state index >= 15 is 0 Å². The Labute approximate surface area is 110 Å². The van der Waals surface area contributed by atoms with Crippen LogP contribution in [0.4, 0.5) is 5.69 Å². The molecule has 0 saturated heterocycles. The van der Waals surface area contributed by atoms with E-state index in [2.05, 4.69) is 36.5 Å². The molecule has 0 unspecified atom stereocenters. The molecule has 1 saturated carbocycles. The highest BCUT2D eigenvalue weighted by molar-refractivity contribution is 5.45. The molecule has 0 heterocycles.